The van der Waals surface area contributed by atoms with E-state index in [1.165, 1.54) is 35.2 Å². The normalized spacial score (nSPS) is 12.0. The first-order valence-corrected chi connectivity index (χ1v) is 9.34. The lowest BCUT2D eigenvalue weighted by Crippen LogP contribution is -2.49. The molecule has 0 aliphatic heterocycles. The van der Waals surface area contributed by atoms with Crippen molar-refractivity contribution in [1.82, 2.24) is 10.2 Å². The predicted octanol–water partition coefficient (Wildman–Crippen LogP) is 4.10. The van der Waals surface area contributed by atoms with Crippen molar-refractivity contribution < 1.29 is 18.4 Å². The molecule has 0 unspecified atom stereocenters. The largest absolute Gasteiger partial charge is 0.352 e. The number of nitrogens with one attached hydrogen (secondary N) is 1. The molecule has 0 spiro atoms. The van der Waals surface area contributed by atoms with Crippen LogP contribution in [0.1, 0.15) is 31.9 Å². The maximum atomic E-state index is 14.1. The van der Waals surface area contributed by atoms with Gasteiger partial charge in [0.15, 0.2) is 0 Å². The summed E-state index contributed by atoms with van der Waals surface area (Å²) in [7, 11) is 0. The first-order chi connectivity index (χ1) is 13.2. The molecule has 2 aromatic carbocycles. The van der Waals surface area contributed by atoms with Crippen LogP contribution in [0.5, 0.6) is 0 Å². The fourth-order valence-corrected chi connectivity index (χ4v) is 2.96. The van der Waals surface area contributed by atoms with Crippen LogP contribution in [0.3, 0.4) is 0 Å². The lowest BCUT2D eigenvalue weighted by atomic mass is 10.1. The summed E-state index contributed by atoms with van der Waals surface area (Å²) in [5.41, 5.74) is 0.730. The monoisotopic (exact) mass is 408 g/mol. The number of carbonyl (C=O) groups is 2. The topological polar surface area (TPSA) is 49.4 Å². The first-order valence-electron chi connectivity index (χ1n) is 8.96. The number of carbonyl (C=O) groups excluding carboxylic acids is 2. The highest BCUT2D eigenvalue weighted by atomic mass is 35.5. The average Bonchev–Trinajstić information content (AvgIpc) is 2.63. The summed E-state index contributed by atoms with van der Waals surface area (Å²) >= 11 is 6.04. The SMILES string of the molecule is CC(C)NC(=O)[C@@H](C)N(Cc1ccc(F)cc1)C(=O)Cc1c(F)cccc1Cl. The number of benzene rings is 2. The van der Waals surface area contributed by atoms with E-state index in [0.29, 0.717) is 5.56 Å². The molecule has 0 heterocycles. The summed E-state index contributed by atoms with van der Waals surface area (Å²) in [6.07, 6.45) is -0.286. The van der Waals surface area contributed by atoms with Crippen molar-refractivity contribution in [1.29, 1.82) is 0 Å². The van der Waals surface area contributed by atoms with Crippen LogP contribution in [0.25, 0.3) is 0 Å². The molecular weight excluding hydrogens is 386 g/mol. The molecule has 7 heteroatoms. The minimum Gasteiger partial charge on any atom is -0.352 e. The minimum absolute atomic E-state index is 0.0785. The maximum Gasteiger partial charge on any atom is 0.242 e. The van der Waals surface area contributed by atoms with Crippen LogP contribution < -0.4 is 5.32 Å². The molecule has 0 bridgehead atoms. The van der Waals surface area contributed by atoms with E-state index >= 15 is 0 Å². The molecule has 0 fully saturated rings. The van der Waals surface area contributed by atoms with Crippen LogP contribution in [0, 0.1) is 11.6 Å². The summed E-state index contributed by atoms with van der Waals surface area (Å²) in [5.74, 6) is -1.76. The highest BCUT2D eigenvalue weighted by Gasteiger charge is 2.27. The number of hydrogen-bond donors (Lipinski definition) is 1. The van der Waals surface area contributed by atoms with E-state index < -0.39 is 23.6 Å². The molecule has 2 aromatic rings. The predicted molar refractivity (Wildman–Crippen MR) is 105 cm³/mol. The van der Waals surface area contributed by atoms with Crippen LogP contribution in [0.4, 0.5) is 8.78 Å². The third-order valence-corrected chi connectivity index (χ3v) is 4.61. The van der Waals surface area contributed by atoms with Gasteiger partial charge in [-0.2, -0.15) is 0 Å². The number of amides is 2. The van der Waals surface area contributed by atoms with Crippen LogP contribution in [-0.2, 0) is 22.6 Å². The van der Waals surface area contributed by atoms with Gasteiger partial charge in [0.1, 0.15) is 17.7 Å². The van der Waals surface area contributed by atoms with E-state index in [0.717, 1.165) is 0 Å². The van der Waals surface area contributed by atoms with Crippen molar-refractivity contribution >= 4 is 23.4 Å². The zero-order chi connectivity index (χ0) is 20.8. The lowest BCUT2D eigenvalue weighted by Gasteiger charge is -2.29. The van der Waals surface area contributed by atoms with Crippen LogP contribution in [-0.4, -0.2) is 28.8 Å². The molecule has 0 saturated carbocycles. The molecule has 2 rings (SSSR count). The summed E-state index contributed by atoms with van der Waals surface area (Å²) in [4.78, 5) is 26.8. The van der Waals surface area contributed by atoms with E-state index in [9.17, 15) is 18.4 Å². The van der Waals surface area contributed by atoms with Gasteiger partial charge in [0.05, 0.1) is 6.42 Å². The van der Waals surface area contributed by atoms with Crippen molar-refractivity contribution in [3.8, 4) is 0 Å². The Hall–Kier alpha value is -2.47. The van der Waals surface area contributed by atoms with E-state index in [1.54, 1.807) is 19.1 Å². The van der Waals surface area contributed by atoms with Gasteiger partial charge < -0.3 is 10.2 Å². The van der Waals surface area contributed by atoms with Gasteiger partial charge in [-0.1, -0.05) is 29.8 Å². The molecular formula is C21H23ClF2N2O2. The zero-order valence-electron chi connectivity index (χ0n) is 16.0. The Morgan fingerprint density at radius 2 is 1.71 bits per heavy atom. The van der Waals surface area contributed by atoms with Crippen LogP contribution in [0.2, 0.25) is 5.02 Å². The van der Waals surface area contributed by atoms with E-state index in [2.05, 4.69) is 5.32 Å². The van der Waals surface area contributed by atoms with Gasteiger partial charge >= 0.3 is 0 Å². The smallest absolute Gasteiger partial charge is 0.242 e. The molecule has 150 valence electrons. The Morgan fingerprint density at radius 3 is 2.29 bits per heavy atom. The molecule has 4 nitrogen and oxygen atoms in total. The Balaban J connectivity index is 2.29. The molecule has 1 N–H and O–H groups in total. The number of hydrogen-bond acceptors (Lipinski definition) is 2. The third-order valence-electron chi connectivity index (χ3n) is 4.25. The van der Waals surface area contributed by atoms with Crippen molar-refractivity contribution in [2.75, 3.05) is 0 Å². The Bertz CT molecular complexity index is 821. The molecule has 0 saturated heterocycles. The minimum atomic E-state index is -0.800. The van der Waals surface area contributed by atoms with Gasteiger partial charge in [-0.25, -0.2) is 8.78 Å². The molecule has 0 aliphatic carbocycles. The van der Waals surface area contributed by atoms with Crippen molar-refractivity contribution in [2.45, 2.75) is 45.8 Å². The number of rotatable bonds is 7. The molecule has 2 amide bonds. The zero-order valence-corrected chi connectivity index (χ0v) is 16.8. The lowest BCUT2D eigenvalue weighted by molar-refractivity contribution is -0.140. The van der Waals surface area contributed by atoms with Gasteiger partial charge in [0.2, 0.25) is 11.8 Å². The van der Waals surface area contributed by atoms with Crippen LogP contribution >= 0.6 is 11.6 Å². The van der Waals surface area contributed by atoms with Crippen molar-refractivity contribution in [3.63, 3.8) is 0 Å². The van der Waals surface area contributed by atoms with Gasteiger partial charge in [-0.05, 0) is 50.6 Å². The van der Waals surface area contributed by atoms with Crippen molar-refractivity contribution in [3.05, 3.63) is 70.2 Å². The highest BCUT2D eigenvalue weighted by Crippen LogP contribution is 2.21. The quantitative estimate of drug-likeness (QED) is 0.749. The summed E-state index contributed by atoms with van der Waals surface area (Å²) in [5, 5.41) is 2.91. The van der Waals surface area contributed by atoms with E-state index in [4.69, 9.17) is 11.6 Å². The summed E-state index contributed by atoms with van der Waals surface area (Å²) < 4.78 is 27.3. The van der Waals surface area contributed by atoms with E-state index in [-0.39, 0.29) is 35.5 Å². The Morgan fingerprint density at radius 1 is 1.07 bits per heavy atom. The Labute approximate surface area is 168 Å². The van der Waals surface area contributed by atoms with Gasteiger partial charge in [-0.3, -0.25) is 9.59 Å². The number of nitrogens with zero attached hydrogens (tertiary/aromatic N) is 1. The third kappa shape index (κ3) is 5.76. The molecule has 0 aliphatic rings. The molecule has 1 atom stereocenters. The van der Waals surface area contributed by atoms with Crippen molar-refractivity contribution in [2.24, 2.45) is 0 Å². The molecule has 0 radical (unpaired) electrons. The second-order valence-electron chi connectivity index (χ2n) is 6.86. The number of halogens is 3. The standard InChI is InChI=1S/C21H23ClF2N2O2/c1-13(2)25-21(28)14(3)26(12-15-7-9-16(23)10-8-15)20(27)11-17-18(22)5-4-6-19(17)24/h4-10,13-14H,11-12H2,1-3H3,(H,25,28)/t14-/m1/s1. The van der Waals surface area contributed by atoms with Crippen LogP contribution in [0.15, 0.2) is 42.5 Å². The fraction of sp³-hybridized carbons (Fsp3) is 0.333. The first kappa shape index (κ1) is 21.8. The van der Waals surface area contributed by atoms with E-state index in [1.807, 2.05) is 13.8 Å². The fourth-order valence-electron chi connectivity index (χ4n) is 2.73. The highest BCUT2D eigenvalue weighted by molar-refractivity contribution is 6.31. The van der Waals surface area contributed by atoms with Gasteiger partial charge in [-0.15, -0.1) is 0 Å². The summed E-state index contributed by atoms with van der Waals surface area (Å²) in [6, 6.07) is 8.94. The summed E-state index contributed by atoms with van der Waals surface area (Å²) in [6.45, 7) is 5.31. The molecule has 28 heavy (non-hydrogen) atoms. The maximum absolute atomic E-state index is 14.1. The average molecular weight is 409 g/mol. The Kier molecular flexibility index (Phi) is 7.52. The second kappa shape index (κ2) is 9.64. The van der Waals surface area contributed by atoms with Gasteiger partial charge in [0.25, 0.3) is 0 Å². The second-order valence-corrected chi connectivity index (χ2v) is 7.27. The molecule has 0 aromatic heterocycles. The van der Waals surface area contributed by atoms with Gasteiger partial charge in [0, 0.05) is 23.2 Å².